The minimum atomic E-state index is -0.137. The van der Waals surface area contributed by atoms with Gasteiger partial charge in [0.1, 0.15) is 5.82 Å². The van der Waals surface area contributed by atoms with Gasteiger partial charge in [-0.05, 0) is 12.1 Å². The first-order chi connectivity index (χ1) is 10.2. The average molecular weight is 285 g/mol. The van der Waals surface area contributed by atoms with Crippen LogP contribution in [0.2, 0.25) is 0 Å². The molecule has 0 amide bonds. The fourth-order valence-corrected chi connectivity index (χ4v) is 1.63. The lowest BCUT2D eigenvalue weighted by Gasteiger charge is -2.05. The third kappa shape index (κ3) is 3.93. The lowest BCUT2D eigenvalue weighted by molar-refractivity contribution is 0.128. The SMILES string of the molecule is NC(=N/O)/C(=N\OCc1cccc(N)n1)c1ccccc1. The number of benzene rings is 1. The minimum absolute atomic E-state index is 0.125. The lowest BCUT2D eigenvalue weighted by Crippen LogP contribution is -2.25. The van der Waals surface area contributed by atoms with E-state index in [1.807, 2.05) is 18.2 Å². The number of pyridine rings is 1. The number of amidine groups is 1. The second kappa shape index (κ2) is 6.90. The van der Waals surface area contributed by atoms with Gasteiger partial charge in [-0.1, -0.05) is 46.7 Å². The van der Waals surface area contributed by atoms with Crippen molar-refractivity contribution in [2.45, 2.75) is 6.61 Å². The van der Waals surface area contributed by atoms with Crippen LogP contribution in [0, 0.1) is 0 Å². The highest BCUT2D eigenvalue weighted by molar-refractivity contribution is 6.46. The zero-order valence-corrected chi connectivity index (χ0v) is 11.2. The quantitative estimate of drug-likeness (QED) is 0.331. The minimum Gasteiger partial charge on any atom is -0.409 e. The maximum absolute atomic E-state index is 8.82. The predicted octanol–water partition coefficient (Wildman–Crippen LogP) is 1.33. The fraction of sp³-hybridized carbons (Fsp3) is 0.0714. The molecule has 0 unspecified atom stereocenters. The molecule has 0 atom stereocenters. The molecule has 1 aromatic carbocycles. The van der Waals surface area contributed by atoms with Crippen LogP contribution in [0.5, 0.6) is 0 Å². The Morgan fingerprint density at radius 3 is 2.57 bits per heavy atom. The topological polar surface area (TPSA) is 119 Å². The molecule has 0 saturated carbocycles. The molecule has 0 saturated heterocycles. The smallest absolute Gasteiger partial charge is 0.192 e. The highest BCUT2D eigenvalue weighted by atomic mass is 16.6. The first-order valence-electron chi connectivity index (χ1n) is 6.15. The molecule has 0 aliphatic heterocycles. The van der Waals surface area contributed by atoms with Gasteiger partial charge in [0.05, 0.1) is 5.69 Å². The summed E-state index contributed by atoms with van der Waals surface area (Å²) in [6, 6.07) is 14.2. The van der Waals surface area contributed by atoms with Crippen molar-refractivity contribution in [1.82, 2.24) is 4.98 Å². The molecule has 108 valence electrons. The van der Waals surface area contributed by atoms with Gasteiger partial charge in [-0.3, -0.25) is 0 Å². The number of nitrogens with two attached hydrogens (primary N) is 2. The van der Waals surface area contributed by atoms with Gasteiger partial charge in [-0.25, -0.2) is 4.98 Å². The van der Waals surface area contributed by atoms with Crippen molar-refractivity contribution in [2.75, 3.05) is 5.73 Å². The summed E-state index contributed by atoms with van der Waals surface area (Å²) in [5.41, 5.74) is 12.7. The molecule has 0 spiro atoms. The van der Waals surface area contributed by atoms with Crippen molar-refractivity contribution in [3.05, 3.63) is 59.8 Å². The summed E-state index contributed by atoms with van der Waals surface area (Å²) in [7, 11) is 0. The summed E-state index contributed by atoms with van der Waals surface area (Å²) in [6.07, 6.45) is 0. The number of hydrogen-bond acceptors (Lipinski definition) is 6. The molecule has 2 rings (SSSR count). The average Bonchev–Trinajstić information content (AvgIpc) is 2.52. The molecule has 5 N–H and O–H groups in total. The fourth-order valence-electron chi connectivity index (χ4n) is 1.63. The maximum Gasteiger partial charge on any atom is 0.192 e. The van der Waals surface area contributed by atoms with E-state index in [1.54, 1.807) is 30.3 Å². The van der Waals surface area contributed by atoms with Crippen LogP contribution in [-0.2, 0) is 11.4 Å². The van der Waals surface area contributed by atoms with Gasteiger partial charge in [0.2, 0.25) is 0 Å². The number of anilines is 1. The van der Waals surface area contributed by atoms with Gasteiger partial charge in [0, 0.05) is 5.56 Å². The van der Waals surface area contributed by atoms with Gasteiger partial charge in [-0.2, -0.15) is 0 Å². The molecule has 7 heteroatoms. The van der Waals surface area contributed by atoms with E-state index < -0.39 is 0 Å². The summed E-state index contributed by atoms with van der Waals surface area (Å²) in [5.74, 6) is 0.265. The number of nitrogens with zero attached hydrogens (tertiary/aromatic N) is 3. The van der Waals surface area contributed by atoms with Crippen LogP contribution in [0.25, 0.3) is 0 Å². The molecule has 0 fully saturated rings. The van der Waals surface area contributed by atoms with Crippen molar-refractivity contribution in [2.24, 2.45) is 16.0 Å². The number of hydrogen-bond donors (Lipinski definition) is 3. The Morgan fingerprint density at radius 2 is 1.90 bits per heavy atom. The summed E-state index contributed by atoms with van der Waals surface area (Å²) in [6.45, 7) is 0.125. The predicted molar refractivity (Wildman–Crippen MR) is 79.8 cm³/mol. The van der Waals surface area contributed by atoms with Gasteiger partial charge in [0.15, 0.2) is 18.2 Å². The normalized spacial score (nSPS) is 12.2. The number of nitrogen functional groups attached to an aromatic ring is 1. The highest BCUT2D eigenvalue weighted by Gasteiger charge is 2.10. The van der Waals surface area contributed by atoms with E-state index in [4.69, 9.17) is 21.5 Å². The second-order valence-electron chi connectivity index (χ2n) is 4.12. The standard InChI is InChI=1S/C14H15N5O2/c15-12-8-4-7-11(17-12)9-21-19-13(14(16)18-20)10-5-2-1-3-6-10/h1-8,20H,9H2,(H2,15,17)(H2,16,18)/b19-13-. The Kier molecular flexibility index (Phi) is 4.70. The van der Waals surface area contributed by atoms with Crippen molar-refractivity contribution in [3.8, 4) is 0 Å². The monoisotopic (exact) mass is 285 g/mol. The van der Waals surface area contributed by atoms with E-state index in [9.17, 15) is 0 Å². The largest absolute Gasteiger partial charge is 0.409 e. The molecule has 0 aliphatic rings. The molecule has 0 radical (unpaired) electrons. The molecular weight excluding hydrogens is 270 g/mol. The Bertz CT molecular complexity index is 655. The molecule has 1 heterocycles. The Hall–Kier alpha value is -3.09. The number of aromatic nitrogens is 1. The molecule has 1 aromatic heterocycles. The van der Waals surface area contributed by atoms with E-state index in [1.165, 1.54) is 0 Å². The Morgan fingerprint density at radius 1 is 1.14 bits per heavy atom. The van der Waals surface area contributed by atoms with Crippen LogP contribution in [0.1, 0.15) is 11.3 Å². The Balaban J connectivity index is 2.15. The third-order valence-electron chi connectivity index (χ3n) is 2.59. The van der Waals surface area contributed by atoms with Crippen molar-refractivity contribution < 1.29 is 10.0 Å². The van der Waals surface area contributed by atoms with Crippen molar-refractivity contribution >= 4 is 17.4 Å². The van der Waals surface area contributed by atoms with Crippen molar-refractivity contribution in [3.63, 3.8) is 0 Å². The molecular formula is C14H15N5O2. The van der Waals surface area contributed by atoms with Gasteiger partial charge < -0.3 is 21.5 Å². The first kappa shape index (κ1) is 14.3. The van der Waals surface area contributed by atoms with E-state index in [2.05, 4.69) is 15.3 Å². The molecule has 21 heavy (non-hydrogen) atoms. The Labute approximate surface area is 121 Å². The molecule has 2 aromatic rings. The zero-order chi connectivity index (χ0) is 15.1. The van der Waals surface area contributed by atoms with Crippen LogP contribution >= 0.6 is 0 Å². The summed E-state index contributed by atoms with van der Waals surface area (Å²) >= 11 is 0. The summed E-state index contributed by atoms with van der Waals surface area (Å²) < 4.78 is 0. The second-order valence-corrected chi connectivity index (χ2v) is 4.12. The molecule has 0 aliphatic carbocycles. The van der Waals surface area contributed by atoms with Crippen LogP contribution in [0.3, 0.4) is 0 Å². The van der Waals surface area contributed by atoms with Crippen LogP contribution in [0.4, 0.5) is 5.82 Å². The van der Waals surface area contributed by atoms with Gasteiger partial charge >= 0.3 is 0 Å². The van der Waals surface area contributed by atoms with Crippen LogP contribution in [0.15, 0.2) is 58.8 Å². The maximum atomic E-state index is 8.82. The van der Waals surface area contributed by atoms with Gasteiger partial charge in [-0.15, -0.1) is 0 Å². The van der Waals surface area contributed by atoms with Crippen molar-refractivity contribution in [1.29, 1.82) is 0 Å². The zero-order valence-electron chi connectivity index (χ0n) is 11.2. The summed E-state index contributed by atoms with van der Waals surface area (Å²) in [4.78, 5) is 9.29. The van der Waals surface area contributed by atoms with Crippen LogP contribution in [-0.4, -0.2) is 21.7 Å². The number of oxime groups is 2. The van der Waals surface area contributed by atoms with Gasteiger partial charge in [0.25, 0.3) is 0 Å². The highest BCUT2D eigenvalue weighted by Crippen LogP contribution is 2.05. The number of rotatable bonds is 5. The van der Waals surface area contributed by atoms with E-state index in [0.717, 1.165) is 0 Å². The summed E-state index contributed by atoms with van der Waals surface area (Å²) in [5, 5.41) is 15.7. The van der Waals surface area contributed by atoms with E-state index >= 15 is 0 Å². The van der Waals surface area contributed by atoms with E-state index in [-0.39, 0.29) is 18.2 Å². The lowest BCUT2D eigenvalue weighted by atomic mass is 10.1. The van der Waals surface area contributed by atoms with E-state index in [0.29, 0.717) is 17.1 Å². The molecule has 7 nitrogen and oxygen atoms in total. The van der Waals surface area contributed by atoms with Crippen LogP contribution < -0.4 is 11.5 Å². The first-order valence-corrected chi connectivity index (χ1v) is 6.15. The molecule has 0 bridgehead atoms. The third-order valence-corrected chi connectivity index (χ3v) is 2.59.